The molecule has 0 bridgehead atoms. The Hall–Kier alpha value is -3.01. The van der Waals surface area contributed by atoms with Crippen LogP contribution >= 0.6 is 0 Å². The lowest BCUT2D eigenvalue weighted by Crippen LogP contribution is -2.02. The molecule has 0 amide bonds. The van der Waals surface area contributed by atoms with E-state index in [2.05, 4.69) is 53.4 Å². The fourth-order valence-electron chi connectivity index (χ4n) is 2.74. The van der Waals surface area contributed by atoms with Gasteiger partial charge in [-0.05, 0) is 67.4 Å². The van der Waals surface area contributed by atoms with Gasteiger partial charge in [-0.2, -0.15) is 0 Å². The first-order valence-corrected chi connectivity index (χ1v) is 7.67. The number of nitrogens with zero attached hydrogens (tertiary/aromatic N) is 1. The maximum Gasteiger partial charge on any atom is 0.0893 e. The summed E-state index contributed by atoms with van der Waals surface area (Å²) in [4.78, 5) is 11.4. The smallest absolute Gasteiger partial charge is 0.0893 e. The van der Waals surface area contributed by atoms with Gasteiger partial charge in [0.1, 0.15) is 0 Å². The van der Waals surface area contributed by atoms with Gasteiger partial charge in [-0.1, -0.05) is 0 Å². The molecule has 1 aliphatic heterocycles. The van der Waals surface area contributed by atoms with E-state index in [9.17, 15) is 0 Å². The Morgan fingerprint density at radius 1 is 0.870 bits per heavy atom. The molecule has 0 aliphatic carbocycles. The van der Waals surface area contributed by atoms with Gasteiger partial charge in [-0.25, -0.2) is 4.99 Å². The summed E-state index contributed by atoms with van der Waals surface area (Å²) in [7, 11) is 0. The summed E-state index contributed by atoms with van der Waals surface area (Å²) in [6.45, 7) is 4.24. The molecule has 3 heterocycles. The summed E-state index contributed by atoms with van der Waals surface area (Å²) in [6, 6.07) is 12.4. The van der Waals surface area contributed by atoms with E-state index in [-0.39, 0.29) is 0 Å². The Balaban J connectivity index is 1.92. The molecule has 0 fully saturated rings. The highest BCUT2D eigenvalue weighted by Gasteiger charge is 2.15. The van der Waals surface area contributed by atoms with Crippen LogP contribution in [0.15, 0.2) is 59.9 Å². The van der Waals surface area contributed by atoms with Gasteiger partial charge in [-0.15, -0.1) is 0 Å². The zero-order chi connectivity index (χ0) is 15.8. The van der Waals surface area contributed by atoms with Gasteiger partial charge < -0.3 is 15.3 Å². The average Bonchev–Trinajstić information content (AvgIpc) is 3.21. The Bertz CT molecular complexity index is 897. The second-order valence-electron chi connectivity index (χ2n) is 5.80. The normalized spacial score (nSPS) is 13.7. The quantitative estimate of drug-likeness (QED) is 0.639. The van der Waals surface area contributed by atoms with Crippen molar-refractivity contribution in [1.29, 1.82) is 0 Å². The number of fused-ring (bicyclic) bond motifs is 1. The number of aliphatic imine (C=N–C) groups is 1. The third-order valence-corrected chi connectivity index (χ3v) is 4.17. The molecule has 4 heteroatoms. The summed E-state index contributed by atoms with van der Waals surface area (Å²) in [6.07, 6.45) is 5.91. The number of aromatic nitrogens is 2. The maximum atomic E-state index is 4.88. The van der Waals surface area contributed by atoms with Gasteiger partial charge in [0.15, 0.2) is 0 Å². The molecule has 0 atom stereocenters. The molecule has 0 radical (unpaired) electrons. The van der Waals surface area contributed by atoms with Crippen molar-refractivity contribution < 1.29 is 0 Å². The molecule has 1 aliphatic rings. The van der Waals surface area contributed by atoms with Crippen LogP contribution in [0.2, 0.25) is 0 Å². The first-order valence-electron chi connectivity index (χ1n) is 7.67. The van der Waals surface area contributed by atoms with Crippen LogP contribution in [-0.4, -0.2) is 15.7 Å². The minimum absolute atomic E-state index is 0.911. The van der Waals surface area contributed by atoms with Crippen LogP contribution in [-0.2, 0) is 0 Å². The number of aromatic amines is 2. The zero-order valence-electron chi connectivity index (χ0n) is 13.1. The van der Waals surface area contributed by atoms with Crippen molar-refractivity contribution in [2.24, 2.45) is 4.99 Å². The van der Waals surface area contributed by atoms with Crippen LogP contribution in [0.4, 0.5) is 11.4 Å². The standard InChI is InChI=1S/C19H18N4/c1-12-9-16-17(10-13(12)2)23-19(15-6-4-8-21-15)11-18(22-16)14-5-3-7-20-14/h3-11,20-22H,1-2H3. The van der Waals surface area contributed by atoms with E-state index in [1.807, 2.05) is 30.6 Å². The second kappa shape index (κ2) is 5.32. The van der Waals surface area contributed by atoms with Crippen molar-refractivity contribution in [2.45, 2.75) is 13.8 Å². The molecule has 0 saturated carbocycles. The van der Waals surface area contributed by atoms with Crippen molar-refractivity contribution in [3.8, 4) is 0 Å². The van der Waals surface area contributed by atoms with Gasteiger partial charge in [0, 0.05) is 12.4 Å². The minimum Gasteiger partial charge on any atom is -0.360 e. The predicted octanol–water partition coefficient (Wildman–Crippen LogP) is 4.55. The van der Waals surface area contributed by atoms with E-state index in [4.69, 9.17) is 4.99 Å². The number of hydrogen-bond acceptors (Lipinski definition) is 2. The summed E-state index contributed by atoms with van der Waals surface area (Å²) in [5.74, 6) is 0. The molecule has 4 rings (SSSR count). The summed E-state index contributed by atoms with van der Waals surface area (Å²) in [5.41, 5.74) is 8.42. The van der Waals surface area contributed by atoms with Crippen LogP contribution in [0.1, 0.15) is 22.5 Å². The second-order valence-corrected chi connectivity index (χ2v) is 5.80. The summed E-state index contributed by atoms with van der Waals surface area (Å²) >= 11 is 0. The third kappa shape index (κ3) is 2.48. The molecule has 3 N–H and O–H groups in total. The molecule has 0 saturated heterocycles. The van der Waals surface area contributed by atoms with Gasteiger partial charge in [-0.3, -0.25) is 0 Å². The van der Waals surface area contributed by atoms with Crippen molar-refractivity contribution in [3.05, 3.63) is 77.4 Å². The zero-order valence-corrected chi connectivity index (χ0v) is 13.1. The lowest BCUT2D eigenvalue weighted by Gasteiger charge is -2.12. The largest absolute Gasteiger partial charge is 0.360 e. The van der Waals surface area contributed by atoms with Crippen LogP contribution in [0.5, 0.6) is 0 Å². The Morgan fingerprint density at radius 2 is 1.57 bits per heavy atom. The lowest BCUT2D eigenvalue weighted by molar-refractivity contribution is 1.31. The molecule has 114 valence electrons. The first-order chi connectivity index (χ1) is 11.2. The molecule has 23 heavy (non-hydrogen) atoms. The van der Waals surface area contributed by atoms with Crippen LogP contribution in [0.25, 0.3) is 5.70 Å². The van der Waals surface area contributed by atoms with E-state index in [0.29, 0.717) is 0 Å². The Kier molecular flexibility index (Phi) is 3.15. The maximum absolute atomic E-state index is 4.88. The minimum atomic E-state index is 0.911. The molecule has 1 aromatic carbocycles. The number of aryl methyl sites for hydroxylation is 2. The lowest BCUT2D eigenvalue weighted by atomic mass is 10.1. The van der Waals surface area contributed by atoms with Crippen LogP contribution < -0.4 is 5.32 Å². The Labute approximate surface area is 135 Å². The van der Waals surface area contributed by atoms with Crippen molar-refractivity contribution >= 4 is 22.8 Å². The van der Waals surface area contributed by atoms with E-state index in [1.54, 1.807) is 0 Å². The predicted molar refractivity (Wildman–Crippen MR) is 95.3 cm³/mol. The van der Waals surface area contributed by atoms with E-state index in [1.165, 1.54) is 11.1 Å². The summed E-state index contributed by atoms with van der Waals surface area (Å²) in [5, 5.41) is 3.52. The van der Waals surface area contributed by atoms with Gasteiger partial charge in [0.2, 0.25) is 0 Å². The number of hydrogen-bond donors (Lipinski definition) is 3. The highest BCUT2D eigenvalue weighted by molar-refractivity contribution is 6.14. The summed E-state index contributed by atoms with van der Waals surface area (Å²) < 4.78 is 0. The number of H-pyrrole nitrogens is 2. The molecule has 2 aromatic heterocycles. The van der Waals surface area contributed by atoms with Gasteiger partial charge in [0.05, 0.1) is 34.2 Å². The van der Waals surface area contributed by atoms with Crippen LogP contribution in [0.3, 0.4) is 0 Å². The average molecular weight is 302 g/mol. The molecular weight excluding hydrogens is 284 g/mol. The van der Waals surface area contributed by atoms with Crippen molar-refractivity contribution in [2.75, 3.05) is 5.32 Å². The fourth-order valence-corrected chi connectivity index (χ4v) is 2.74. The number of allylic oxidation sites excluding steroid dienone is 1. The molecule has 4 nitrogen and oxygen atoms in total. The van der Waals surface area contributed by atoms with E-state index >= 15 is 0 Å². The van der Waals surface area contributed by atoms with Crippen molar-refractivity contribution in [3.63, 3.8) is 0 Å². The van der Waals surface area contributed by atoms with Gasteiger partial charge >= 0.3 is 0 Å². The third-order valence-electron chi connectivity index (χ3n) is 4.17. The topological polar surface area (TPSA) is 56.0 Å². The SMILES string of the molecule is Cc1cc2c(cc1C)NC(c1ccc[nH]1)=CC(c1ccc[nH]1)=N2. The monoisotopic (exact) mass is 302 g/mol. The van der Waals surface area contributed by atoms with Crippen LogP contribution in [0, 0.1) is 13.8 Å². The number of rotatable bonds is 2. The van der Waals surface area contributed by atoms with E-state index in [0.717, 1.165) is 34.2 Å². The fraction of sp³-hybridized carbons (Fsp3) is 0.105. The highest BCUT2D eigenvalue weighted by atomic mass is 15.0. The number of nitrogens with one attached hydrogen (secondary N) is 3. The van der Waals surface area contributed by atoms with Crippen molar-refractivity contribution in [1.82, 2.24) is 9.97 Å². The molecule has 0 unspecified atom stereocenters. The van der Waals surface area contributed by atoms with E-state index < -0.39 is 0 Å². The molecule has 3 aromatic rings. The number of anilines is 1. The Morgan fingerprint density at radius 3 is 2.26 bits per heavy atom. The molecule has 0 spiro atoms. The van der Waals surface area contributed by atoms with Gasteiger partial charge in [0.25, 0.3) is 0 Å². The first kappa shape index (κ1) is 13.6. The highest BCUT2D eigenvalue weighted by Crippen LogP contribution is 2.34. The molecular formula is C19H18N4. The number of benzene rings is 1.